The van der Waals surface area contributed by atoms with E-state index in [2.05, 4.69) is 11.4 Å². The summed E-state index contributed by atoms with van der Waals surface area (Å²) in [4.78, 5) is 2.19. The summed E-state index contributed by atoms with van der Waals surface area (Å²) in [5.74, 6) is 0.811. The average molecular weight is 264 g/mol. The minimum Gasteiger partial charge on any atom is -0.495 e. The van der Waals surface area contributed by atoms with E-state index in [1.54, 1.807) is 18.9 Å². The molecule has 17 heavy (non-hydrogen) atoms. The lowest BCUT2D eigenvalue weighted by Gasteiger charge is -2.23. The minimum atomic E-state index is 0.743. The zero-order valence-electron chi connectivity index (χ0n) is 9.16. The molecule has 4 heteroatoms. The summed E-state index contributed by atoms with van der Waals surface area (Å²) in [6.45, 7) is 0. The minimum absolute atomic E-state index is 0.743. The van der Waals surface area contributed by atoms with Gasteiger partial charge in [-0.15, -0.1) is 0 Å². The zero-order chi connectivity index (χ0) is 11.8. The molecule has 0 amide bonds. The normalized spacial score (nSPS) is 12.4. The smallest absolute Gasteiger partial charge is 0.143 e. The van der Waals surface area contributed by atoms with Crippen molar-refractivity contribution in [3.63, 3.8) is 0 Å². The summed E-state index contributed by atoms with van der Waals surface area (Å²) < 4.78 is 5.35. The number of benzene rings is 2. The van der Waals surface area contributed by atoms with Crippen molar-refractivity contribution in [2.45, 2.75) is 9.79 Å². The Morgan fingerprint density at radius 1 is 1.18 bits per heavy atom. The van der Waals surface area contributed by atoms with Crippen molar-refractivity contribution in [2.75, 3.05) is 12.4 Å². The molecule has 1 aliphatic heterocycles. The van der Waals surface area contributed by atoms with Gasteiger partial charge in [0, 0.05) is 4.90 Å². The predicted molar refractivity (Wildman–Crippen MR) is 71.9 cm³/mol. The summed E-state index contributed by atoms with van der Waals surface area (Å²) in [5.41, 5.74) is 2.04. The molecule has 0 unspecified atom stereocenters. The van der Waals surface area contributed by atoms with Crippen LogP contribution in [0.3, 0.4) is 0 Å². The van der Waals surface area contributed by atoms with Gasteiger partial charge in [-0.1, -0.05) is 35.5 Å². The summed E-state index contributed by atoms with van der Waals surface area (Å²) in [6.07, 6.45) is 0. The molecule has 0 atom stereocenters. The maximum Gasteiger partial charge on any atom is 0.143 e. The van der Waals surface area contributed by atoms with Crippen LogP contribution in [0.5, 0.6) is 5.75 Å². The third-order valence-corrected chi connectivity index (χ3v) is 4.28. The van der Waals surface area contributed by atoms with Gasteiger partial charge in [-0.25, -0.2) is 0 Å². The Bertz CT molecular complexity index is 586. The molecule has 0 saturated carbocycles. The number of methoxy groups -OCH3 is 1. The molecule has 1 heterocycles. The molecular formula is C13H10ClNOS. The van der Waals surface area contributed by atoms with Gasteiger partial charge in [0.25, 0.3) is 0 Å². The third kappa shape index (κ3) is 1.75. The van der Waals surface area contributed by atoms with Crippen molar-refractivity contribution in [1.82, 2.24) is 0 Å². The molecule has 0 fully saturated rings. The Labute approximate surface area is 109 Å². The summed E-state index contributed by atoms with van der Waals surface area (Å²) >= 11 is 7.89. The molecule has 86 valence electrons. The highest BCUT2D eigenvalue weighted by molar-refractivity contribution is 7.99. The van der Waals surface area contributed by atoms with E-state index in [0.717, 1.165) is 27.0 Å². The molecule has 2 nitrogen and oxygen atoms in total. The maximum atomic E-state index is 6.22. The maximum absolute atomic E-state index is 6.22. The summed E-state index contributed by atoms with van der Waals surface area (Å²) in [7, 11) is 1.66. The summed E-state index contributed by atoms with van der Waals surface area (Å²) in [6, 6.07) is 11.9. The number of rotatable bonds is 1. The molecule has 1 N–H and O–H groups in total. The number of hydrogen-bond donors (Lipinski definition) is 1. The first-order valence-corrected chi connectivity index (χ1v) is 6.39. The van der Waals surface area contributed by atoms with Crippen LogP contribution in [0.4, 0.5) is 11.4 Å². The van der Waals surface area contributed by atoms with Crippen LogP contribution >= 0.6 is 23.4 Å². The van der Waals surface area contributed by atoms with Crippen molar-refractivity contribution >= 4 is 34.7 Å². The first-order chi connectivity index (χ1) is 8.29. The lowest BCUT2D eigenvalue weighted by atomic mass is 10.2. The largest absolute Gasteiger partial charge is 0.495 e. The van der Waals surface area contributed by atoms with Gasteiger partial charge in [-0.3, -0.25) is 0 Å². The fourth-order valence-electron chi connectivity index (χ4n) is 1.83. The number of ether oxygens (including phenoxy) is 1. The zero-order valence-corrected chi connectivity index (χ0v) is 10.7. The van der Waals surface area contributed by atoms with Gasteiger partial charge >= 0.3 is 0 Å². The van der Waals surface area contributed by atoms with Crippen LogP contribution in [0.1, 0.15) is 0 Å². The van der Waals surface area contributed by atoms with E-state index < -0.39 is 0 Å². The second-order valence-electron chi connectivity index (χ2n) is 3.68. The van der Waals surface area contributed by atoms with Gasteiger partial charge in [0.2, 0.25) is 0 Å². The molecule has 0 bridgehead atoms. The highest BCUT2D eigenvalue weighted by Gasteiger charge is 2.21. The molecular weight excluding hydrogens is 254 g/mol. The number of nitrogens with one attached hydrogen (secondary N) is 1. The molecule has 0 spiro atoms. The number of halogens is 1. The molecule has 2 aromatic rings. The Kier molecular flexibility index (Phi) is 2.65. The summed E-state index contributed by atoms with van der Waals surface area (Å²) in [5, 5.41) is 4.11. The highest BCUT2D eigenvalue weighted by Crippen LogP contribution is 2.50. The number of fused-ring (bicyclic) bond motifs is 2. The molecule has 0 aromatic heterocycles. The van der Waals surface area contributed by atoms with Crippen LogP contribution in [0.2, 0.25) is 5.02 Å². The number of anilines is 2. The van der Waals surface area contributed by atoms with Crippen LogP contribution in [-0.4, -0.2) is 7.11 Å². The van der Waals surface area contributed by atoms with Crippen LogP contribution in [0.25, 0.3) is 0 Å². The van der Waals surface area contributed by atoms with Gasteiger partial charge in [0.15, 0.2) is 0 Å². The molecule has 1 aliphatic rings. The van der Waals surface area contributed by atoms with Gasteiger partial charge in [0.05, 0.1) is 28.4 Å². The topological polar surface area (TPSA) is 21.3 Å². The monoisotopic (exact) mass is 263 g/mol. The average Bonchev–Trinajstić information content (AvgIpc) is 2.38. The van der Waals surface area contributed by atoms with Crippen LogP contribution in [-0.2, 0) is 0 Å². The van der Waals surface area contributed by atoms with Gasteiger partial charge in [0.1, 0.15) is 5.75 Å². The van der Waals surface area contributed by atoms with Crippen molar-refractivity contribution in [3.05, 3.63) is 41.4 Å². The van der Waals surface area contributed by atoms with E-state index in [9.17, 15) is 0 Å². The van der Waals surface area contributed by atoms with E-state index in [1.807, 2.05) is 30.3 Å². The third-order valence-electron chi connectivity index (χ3n) is 2.65. The van der Waals surface area contributed by atoms with Crippen molar-refractivity contribution < 1.29 is 4.74 Å². The van der Waals surface area contributed by atoms with E-state index in [1.165, 1.54) is 4.90 Å². The lowest BCUT2D eigenvalue weighted by Crippen LogP contribution is -2.02. The SMILES string of the molecule is COc1ccc(Cl)c2c1Nc1ccccc1S2. The second kappa shape index (κ2) is 4.17. The van der Waals surface area contributed by atoms with Crippen molar-refractivity contribution in [2.24, 2.45) is 0 Å². The van der Waals surface area contributed by atoms with Gasteiger partial charge < -0.3 is 10.1 Å². The fraction of sp³-hybridized carbons (Fsp3) is 0.0769. The molecule has 0 aliphatic carbocycles. The molecule has 0 saturated heterocycles. The van der Waals surface area contributed by atoms with E-state index in [4.69, 9.17) is 16.3 Å². The Hall–Kier alpha value is -1.32. The Morgan fingerprint density at radius 3 is 2.82 bits per heavy atom. The first-order valence-electron chi connectivity index (χ1n) is 5.20. The second-order valence-corrected chi connectivity index (χ2v) is 5.14. The van der Waals surface area contributed by atoms with Crippen molar-refractivity contribution in [3.8, 4) is 5.75 Å². The van der Waals surface area contributed by atoms with Gasteiger partial charge in [-0.05, 0) is 24.3 Å². The number of para-hydroxylation sites is 1. The lowest BCUT2D eigenvalue weighted by molar-refractivity contribution is 0.416. The van der Waals surface area contributed by atoms with E-state index in [-0.39, 0.29) is 0 Å². The Balaban J connectivity index is 2.16. The fourth-order valence-corrected chi connectivity index (χ4v) is 3.12. The van der Waals surface area contributed by atoms with Crippen LogP contribution < -0.4 is 10.1 Å². The Morgan fingerprint density at radius 2 is 2.00 bits per heavy atom. The van der Waals surface area contributed by atoms with Crippen LogP contribution in [0, 0.1) is 0 Å². The van der Waals surface area contributed by atoms with Crippen molar-refractivity contribution in [1.29, 1.82) is 0 Å². The standard InChI is InChI=1S/C13H10ClNOS/c1-16-10-7-6-8(14)13-12(10)15-9-4-2-3-5-11(9)17-13/h2-7,15H,1H3. The first kappa shape index (κ1) is 10.8. The molecule has 2 aromatic carbocycles. The van der Waals surface area contributed by atoms with Gasteiger partial charge in [-0.2, -0.15) is 0 Å². The highest BCUT2D eigenvalue weighted by atomic mass is 35.5. The molecule has 0 radical (unpaired) electrons. The quantitative estimate of drug-likeness (QED) is 0.696. The number of hydrogen-bond acceptors (Lipinski definition) is 3. The van der Waals surface area contributed by atoms with E-state index >= 15 is 0 Å². The predicted octanol–water partition coefficient (Wildman–Crippen LogP) is 4.56. The van der Waals surface area contributed by atoms with E-state index in [0.29, 0.717) is 0 Å². The molecule has 3 rings (SSSR count). The van der Waals surface area contributed by atoms with Crippen LogP contribution in [0.15, 0.2) is 46.2 Å².